The second kappa shape index (κ2) is 4.41. The molecule has 75 valence electrons. The van der Waals surface area contributed by atoms with Crippen LogP contribution in [0, 0.1) is 20.8 Å². The highest BCUT2D eigenvalue weighted by atomic mass is 16.1. The Balaban J connectivity index is 3.17. The molecule has 0 bridgehead atoms. The molecule has 0 amide bonds. The van der Waals surface area contributed by atoms with Gasteiger partial charge in [0.15, 0.2) is 0 Å². The molecule has 0 aliphatic rings. The molecule has 0 saturated heterocycles. The third-order valence-electron chi connectivity index (χ3n) is 2.90. The molecule has 1 rings (SSSR count). The van der Waals surface area contributed by atoms with Crippen LogP contribution in [-0.4, -0.2) is 6.29 Å². The zero-order valence-electron chi connectivity index (χ0n) is 9.35. The second-order valence-electron chi connectivity index (χ2n) is 3.86. The minimum Gasteiger partial charge on any atom is -0.290 e. The summed E-state index contributed by atoms with van der Waals surface area (Å²) < 4.78 is 0. The third kappa shape index (κ3) is 2.03. The van der Waals surface area contributed by atoms with E-state index in [1.807, 2.05) is 6.92 Å². The molecular weight excluding hydrogens is 172 g/mol. The summed E-state index contributed by atoms with van der Waals surface area (Å²) in [4.78, 5) is 10.7. The van der Waals surface area contributed by atoms with Crippen molar-refractivity contribution in [2.45, 2.75) is 40.0 Å². The summed E-state index contributed by atoms with van der Waals surface area (Å²) in [6.07, 6.45) is 2.92. The lowest BCUT2D eigenvalue weighted by Gasteiger charge is -2.12. The Morgan fingerprint density at radius 1 is 1.21 bits per heavy atom. The van der Waals surface area contributed by atoms with E-state index >= 15 is 0 Å². The fraction of sp³-hybridized carbons (Fsp3) is 0.462. The molecule has 0 spiro atoms. The first-order chi connectivity index (χ1) is 6.60. The second-order valence-corrected chi connectivity index (χ2v) is 3.86. The molecular formula is C13H17O. The summed E-state index contributed by atoms with van der Waals surface area (Å²) >= 11 is 0. The normalized spacial score (nSPS) is 12.6. The van der Waals surface area contributed by atoms with Gasteiger partial charge in [0, 0.05) is 0 Å². The van der Waals surface area contributed by atoms with Crippen LogP contribution in [0.2, 0.25) is 0 Å². The van der Waals surface area contributed by atoms with Crippen molar-refractivity contribution in [2.24, 2.45) is 0 Å². The number of hydrogen-bond acceptors (Lipinski definition) is 1. The summed E-state index contributed by atoms with van der Waals surface area (Å²) in [6.45, 7) is 8.30. The molecule has 0 saturated carbocycles. The Hall–Kier alpha value is -1.11. The minimum atomic E-state index is -0.0620. The number of aryl methyl sites for hydroxylation is 2. The maximum atomic E-state index is 10.7. The average Bonchev–Trinajstić information content (AvgIpc) is 2.16. The standard InChI is InChI=1S/C13H17O/c1-5-12(8-14)13-6-9(2)11(4)10(3)7-13/h6-7,12H,5H2,1-4H3. The molecule has 1 aromatic carbocycles. The summed E-state index contributed by atoms with van der Waals surface area (Å²) in [6, 6.07) is 4.20. The molecule has 1 heteroatoms. The van der Waals surface area contributed by atoms with Crippen molar-refractivity contribution in [3.63, 3.8) is 0 Å². The molecule has 1 unspecified atom stereocenters. The topological polar surface area (TPSA) is 17.1 Å². The van der Waals surface area contributed by atoms with Crippen molar-refractivity contribution in [3.8, 4) is 0 Å². The van der Waals surface area contributed by atoms with E-state index in [1.165, 1.54) is 16.7 Å². The summed E-state index contributed by atoms with van der Waals surface area (Å²) in [7, 11) is 0. The van der Waals surface area contributed by atoms with E-state index < -0.39 is 0 Å². The fourth-order valence-corrected chi connectivity index (χ4v) is 1.66. The lowest BCUT2D eigenvalue weighted by atomic mass is 9.92. The lowest BCUT2D eigenvalue weighted by Crippen LogP contribution is -2.00. The first-order valence-corrected chi connectivity index (χ1v) is 5.05. The predicted octanol–water partition coefficient (Wildman–Crippen LogP) is 3.22. The molecule has 1 atom stereocenters. The maximum Gasteiger partial charge on any atom is 0.206 e. The number of benzene rings is 1. The van der Waals surface area contributed by atoms with Gasteiger partial charge in [0.1, 0.15) is 0 Å². The van der Waals surface area contributed by atoms with Crippen LogP contribution in [0.4, 0.5) is 0 Å². The quantitative estimate of drug-likeness (QED) is 0.713. The Morgan fingerprint density at radius 3 is 2.07 bits per heavy atom. The average molecular weight is 189 g/mol. The van der Waals surface area contributed by atoms with Gasteiger partial charge >= 0.3 is 0 Å². The van der Waals surface area contributed by atoms with Gasteiger partial charge in [0.2, 0.25) is 6.29 Å². The van der Waals surface area contributed by atoms with E-state index in [0.29, 0.717) is 0 Å². The van der Waals surface area contributed by atoms with Gasteiger partial charge in [-0.2, -0.15) is 0 Å². The Bertz CT molecular complexity index is 316. The predicted molar refractivity (Wildman–Crippen MR) is 59.4 cm³/mol. The van der Waals surface area contributed by atoms with E-state index in [-0.39, 0.29) is 5.92 Å². The van der Waals surface area contributed by atoms with Gasteiger partial charge in [0.25, 0.3) is 0 Å². The van der Waals surface area contributed by atoms with Gasteiger partial charge in [0.05, 0.1) is 5.92 Å². The molecule has 14 heavy (non-hydrogen) atoms. The first-order valence-electron chi connectivity index (χ1n) is 5.05. The molecule has 1 aromatic rings. The highest BCUT2D eigenvalue weighted by Crippen LogP contribution is 2.22. The molecule has 0 heterocycles. The third-order valence-corrected chi connectivity index (χ3v) is 2.90. The van der Waals surface area contributed by atoms with Gasteiger partial charge in [-0.05, 0) is 49.4 Å². The van der Waals surface area contributed by atoms with Crippen molar-refractivity contribution in [1.82, 2.24) is 0 Å². The molecule has 0 fully saturated rings. The first kappa shape index (κ1) is 11.0. The highest BCUT2D eigenvalue weighted by molar-refractivity contribution is 5.63. The van der Waals surface area contributed by atoms with Crippen LogP contribution < -0.4 is 0 Å². The highest BCUT2D eigenvalue weighted by Gasteiger charge is 2.10. The van der Waals surface area contributed by atoms with E-state index in [4.69, 9.17) is 0 Å². The zero-order valence-corrected chi connectivity index (χ0v) is 9.35. The van der Waals surface area contributed by atoms with E-state index in [9.17, 15) is 4.79 Å². The van der Waals surface area contributed by atoms with Crippen molar-refractivity contribution >= 4 is 6.29 Å². The van der Waals surface area contributed by atoms with Gasteiger partial charge in [-0.1, -0.05) is 19.1 Å². The van der Waals surface area contributed by atoms with Gasteiger partial charge < -0.3 is 0 Å². The largest absolute Gasteiger partial charge is 0.290 e. The lowest BCUT2D eigenvalue weighted by molar-refractivity contribution is 0.540. The van der Waals surface area contributed by atoms with E-state index in [1.54, 1.807) is 0 Å². The molecule has 1 radical (unpaired) electrons. The Kier molecular flexibility index (Phi) is 3.45. The van der Waals surface area contributed by atoms with Crippen LogP contribution in [0.3, 0.4) is 0 Å². The van der Waals surface area contributed by atoms with Gasteiger partial charge in [-0.3, -0.25) is 4.79 Å². The molecule has 0 N–H and O–H groups in total. The summed E-state index contributed by atoms with van der Waals surface area (Å²) in [5, 5.41) is 0. The molecule has 0 aliphatic heterocycles. The summed E-state index contributed by atoms with van der Waals surface area (Å²) in [5.41, 5.74) is 4.93. The van der Waals surface area contributed by atoms with Crippen LogP contribution in [0.1, 0.15) is 41.5 Å². The Labute approximate surface area is 86.1 Å². The number of hydrogen-bond donors (Lipinski definition) is 0. The zero-order chi connectivity index (χ0) is 10.7. The van der Waals surface area contributed by atoms with Gasteiger partial charge in [-0.15, -0.1) is 0 Å². The summed E-state index contributed by atoms with van der Waals surface area (Å²) in [5.74, 6) is -0.0620. The SMILES string of the molecule is CCC([C]=O)c1cc(C)c(C)c(C)c1. The van der Waals surface area contributed by atoms with Crippen molar-refractivity contribution in [2.75, 3.05) is 0 Å². The van der Waals surface area contributed by atoms with Crippen LogP contribution in [0.25, 0.3) is 0 Å². The van der Waals surface area contributed by atoms with Crippen molar-refractivity contribution in [3.05, 3.63) is 34.4 Å². The molecule has 1 nitrogen and oxygen atoms in total. The molecule has 0 aliphatic carbocycles. The maximum absolute atomic E-state index is 10.7. The van der Waals surface area contributed by atoms with E-state index in [2.05, 4.69) is 39.2 Å². The van der Waals surface area contributed by atoms with Crippen molar-refractivity contribution in [1.29, 1.82) is 0 Å². The van der Waals surface area contributed by atoms with E-state index in [0.717, 1.165) is 12.0 Å². The molecule has 0 aromatic heterocycles. The van der Waals surface area contributed by atoms with Crippen LogP contribution in [0.5, 0.6) is 0 Å². The monoisotopic (exact) mass is 189 g/mol. The Morgan fingerprint density at radius 2 is 1.71 bits per heavy atom. The minimum absolute atomic E-state index is 0.0620. The van der Waals surface area contributed by atoms with Crippen LogP contribution in [-0.2, 0) is 4.79 Å². The smallest absolute Gasteiger partial charge is 0.206 e. The number of carbonyl (C=O) groups excluding carboxylic acids is 1. The number of rotatable bonds is 3. The van der Waals surface area contributed by atoms with Crippen LogP contribution >= 0.6 is 0 Å². The van der Waals surface area contributed by atoms with Crippen LogP contribution in [0.15, 0.2) is 12.1 Å². The van der Waals surface area contributed by atoms with Crippen molar-refractivity contribution < 1.29 is 4.79 Å². The van der Waals surface area contributed by atoms with Gasteiger partial charge in [-0.25, -0.2) is 0 Å². The fourth-order valence-electron chi connectivity index (χ4n) is 1.66.